The smallest absolute Gasteiger partial charge is 0.221 e. The molecular formula is C17H16ClN3O2S. The molecule has 3 rings (SSSR count). The summed E-state index contributed by atoms with van der Waals surface area (Å²) in [5.74, 6) is -0.254. The Morgan fingerprint density at radius 2 is 2.04 bits per heavy atom. The van der Waals surface area contributed by atoms with Gasteiger partial charge in [-0.05, 0) is 41.8 Å². The summed E-state index contributed by atoms with van der Waals surface area (Å²) < 4.78 is 1.02. The first-order valence-electron chi connectivity index (χ1n) is 7.40. The maximum absolute atomic E-state index is 11.0. The van der Waals surface area contributed by atoms with E-state index in [9.17, 15) is 9.90 Å². The van der Waals surface area contributed by atoms with Gasteiger partial charge in [-0.25, -0.2) is 4.98 Å². The number of benzene rings is 2. The molecule has 1 heterocycles. The van der Waals surface area contributed by atoms with Gasteiger partial charge in [0.1, 0.15) is 5.75 Å². The standard InChI is InChI=1S/C17H16ClN3O2S/c18-12-7-10(2-4-14(12)22)5-6-20-17-21-13-3-1-11(9-16(19)23)8-15(13)24-17/h1-4,7-8,22H,5-6,9H2,(H2,19,23)(H,20,21). The van der Waals surface area contributed by atoms with Crippen LogP contribution in [0.4, 0.5) is 5.13 Å². The van der Waals surface area contributed by atoms with Gasteiger partial charge in [-0.2, -0.15) is 0 Å². The number of nitrogens with one attached hydrogen (secondary N) is 1. The van der Waals surface area contributed by atoms with Crippen LogP contribution in [-0.2, 0) is 17.6 Å². The Balaban J connectivity index is 1.64. The van der Waals surface area contributed by atoms with Crippen LogP contribution in [0.15, 0.2) is 36.4 Å². The molecule has 1 amide bonds. The highest BCUT2D eigenvalue weighted by Crippen LogP contribution is 2.27. The van der Waals surface area contributed by atoms with Crippen molar-refractivity contribution in [1.82, 2.24) is 4.98 Å². The zero-order valence-electron chi connectivity index (χ0n) is 12.8. The van der Waals surface area contributed by atoms with Gasteiger partial charge in [-0.3, -0.25) is 4.79 Å². The largest absolute Gasteiger partial charge is 0.506 e. The maximum atomic E-state index is 11.0. The third-order valence-electron chi connectivity index (χ3n) is 3.53. The molecule has 7 heteroatoms. The summed E-state index contributed by atoms with van der Waals surface area (Å²) in [6.07, 6.45) is 1.00. The number of anilines is 1. The third kappa shape index (κ3) is 3.96. The molecule has 0 bridgehead atoms. The lowest BCUT2D eigenvalue weighted by Crippen LogP contribution is -2.13. The number of nitrogens with two attached hydrogens (primary N) is 1. The molecule has 0 fully saturated rings. The van der Waals surface area contributed by atoms with E-state index in [-0.39, 0.29) is 18.1 Å². The van der Waals surface area contributed by atoms with Gasteiger partial charge in [0, 0.05) is 6.54 Å². The molecule has 4 N–H and O–H groups in total. The summed E-state index contributed by atoms with van der Waals surface area (Å²) in [6, 6.07) is 10.9. The van der Waals surface area contributed by atoms with Crippen LogP contribution in [-0.4, -0.2) is 22.5 Å². The van der Waals surface area contributed by atoms with Crippen molar-refractivity contribution in [2.24, 2.45) is 5.73 Å². The van der Waals surface area contributed by atoms with Crippen molar-refractivity contribution < 1.29 is 9.90 Å². The number of carbonyl (C=O) groups excluding carboxylic acids is 1. The minimum atomic E-state index is -0.343. The van der Waals surface area contributed by atoms with Crippen LogP contribution >= 0.6 is 22.9 Å². The zero-order chi connectivity index (χ0) is 17.1. The van der Waals surface area contributed by atoms with Crippen molar-refractivity contribution in [3.63, 3.8) is 0 Å². The lowest BCUT2D eigenvalue weighted by molar-refractivity contribution is -0.117. The third-order valence-corrected chi connectivity index (χ3v) is 4.81. The van der Waals surface area contributed by atoms with Gasteiger partial charge >= 0.3 is 0 Å². The second kappa shape index (κ2) is 7.07. The number of thiazole rings is 1. The van der Waals surface area contributed by atoms with Gasteiger partial charge in [-0.15, -0.1) is 0 Å². The number of carbonyl (C=O) groups is 1. The van der Waals surface area contributed by atoms with Crippen LogP contribution in [0.25, 0.3) is 10.2 Å². The lowest BCUT2D eigenvalue weighted by Gasteiger charge is -2.04. The van der Waals surface area contributed by atoms with Gasteiger partial charge in [0.25, 0.3) is 0 Å². The van der Waals surface area contributed by atoms with Crippen molar-refractivity contribution in [2.45, 2.75) is 12.8 Å². The Labute approximate surface area is 148 Å². The molecular weight excluding hydrogens is 346 g/mol. The number of halogens is 1. The highest BCUT2D eigenvalue weighted by atomic mass is 35.5. The molecule has 1 aromatic heterocycles. The molecule has 5 nitrogen and oxygen atoms in total. The van der Waals surface area contributed by atoms with Crippen LogP contribution in [0.2, 0.25) is 5.02 Å². The Bertz CT molecular complexity index is 895. The normalized spacial score (nSPS) is 10.9. The number of phenols is 1. The topological polar surface area (TPSA) is 88.2 Å². The van der Waals surface area contributed by atoms with Crippen molar-refractivity contribution in [3.05, 3.63) is 52.5 Å². The predicted octanol–water partition coefficient (Wildman–Crippen LogP) is 3.34. The molecule has 0 unspecified atom stereocenters. The van der Waals surface area contributed by atoms with Crippen molar-refractivity contribution in [3.8, 4) is 5.75 Å². The number of hydrogen-bond acceptors (Lipinski definition) is 5. The van der Waals surface area contributed by atoms with E-state index in [1.165, 1.54) is 11.3 Å². The molecule has 0 saturated heterocycles. The van der Waals surface area contributed by atoms with Gasteiger partial charge in [-0.1, -0.05) is 35.1 Å². The van der Waals surface area contributed by atoms with Crippen molar-refractivity contribution >= 4 is 44.2 Å². The van der Waals surface area contributed by atoms with Crippen LogP contribution in [0.1, 0.15) is 11.1 Å². The first kappa shape index (κ1) is 16.5. The Kier molecular flexibility index (Phi) is 4.87. The Morgan fingerprint density at radius 3 is 2.79 bits per heavy atom. The van der Waals surface area contributed by atoms with Gasteiger partial charge in [0.15, 0.2) is 5.13 Å². The molecule has 0 saturated carbocycles. The number of primary amides is 1. The second-order valence-corrected chi connectivity index (χ2v) is 6.86. The van der Waals surface area contributed by atoms with E-state index in [2.05, 4.69) is 10.3 Å². The number of aromatic hydroxyl groups is 1. The fourth-order valence-electron chi connectivity index (χ4n) is 2.38. The van der Waals surface area contributed by atoms with Crippen LogP contribution in [0.3, 0.4) is 0 Å². The molecule has 0 aliphatic heterocycles. The minimum Gasteiger partial charge on any atom is -0.506 e. The zero-order valence-corrected chi connectivity index (χ0v) is 14.3. The average molecular weight is 362 g/mol. The Morgan fingerprint density at radius 1 is 1.25 bits per heavy atom. The minimum absolute atomic E-state index is 0.0892. The molecule has 0 radical (unpaired) electrons. The summed E-state index contributed by atoms with van der Waals surface area (Å²) in [4.78, 5) is 15.5. The average Bonchev–Trinajstić information content (AvgIpc) is 2.92. The molecule has 0 atom stereocenters. The van der Waals surface area contributed by atoms with Crippen LogP contribution in [0.5, 0.6) is 5.75 Å². The van der Waals surface area contributed by atoms with E-state index in [0.29, 0.717) is 11.6 Å². The SMILES string of the molecule is NC(=O)Cc1ccc2nc(NCCc3ccc(O)c(Cl)c3)sc2c1. The van der Waals surface area contributed by atoms with E-state index in [1.54, 1.807) is 12.1 Å². The fraction of sp³-hybridized carbons (Fsp3) is 0.176. The molecule has 2 aromatic carbocycles. The Hall–Kier alpha value is -2.31. The summed E-state index contributed by atoms with van der Waals surface area (Å²) in [5.41, 5.74) is 8.05. The number of amides is 1. The predicted molar refractivity (Wildman–Crippen MR) is 97.8 cm³/mol. The quantitative estimate of drug-likeness (QED) is 0.628. The number of aromatic nitrogens is 1. The molecule has 0 spiro atoms. The van der Waals surface area contributed by atoms with Crippen LogP contribution in [0, 0.1) is 0 Å². The number of rotatable bonds is 6. The van der Waals surface area contributed by atoms with E-state index in [0.717, 1.165) is 32.9 Å². The molecule has 24 heavy (non-hydrogen) atoms. The second-order valence-electron chi connectivity index (χ2n) is 5.43. The van der Waals surface area contributed by atoms with E-state index in [4.69, 9.17) is 17.3 Å². The van der Waals surface area contributed by atoms with E-state index in [1.807, 2.05) is 24.3 Å². The first-order chi connectivity index (χ1) is 11.5. The fourth-order valence-corrected chi connectivity index (χ4v) is 3.53. The lowest BCUT2D eigenvalue weighted by atomic mass is 10.1. The molecule has 3 aromatic rings. The van der Waals surface area contributed by atoms with Crippen LogP contribution < -0.4 is 11.1 Å². The number of fused-ring (bicyclic) bond motifs is 1. The summed E-state index contributed by atoms with van der Waals surface area (Å²) in [6.45, 7) is 0.703. The summed E-state index contributed by atoms with van der Waals surface area (Å²) in [5, 5.41) is 13.9. The van der Waals surface area contributed by atoms with E-state index < -0.39 is 0 Å². The molecule has 0 aliphatic rings. The van der Waals surface area contributed by atoms with Gasteiger partial charge < -0.3 is 16.2 Å². The van der Waals surface area contributed by atoms with E-state index >= 15 is 0 Å². The summed E-state index contributed by atoms with van der Waals surface area (Å²) in [7, 11) is 0. The monoisotopic (exact) mass is 361 g/mol. The van der Waals surface area contributed by atoms with Crippen molar-refractivity contribution in [2.75, 3.05) is 11.9 Å². The van der Waals surface area contributed by atoms with Gasteiger partial charge in [0.05, 0.1) is 21.7 Å². The van der Waals surface area contributed by atoms with Crippen molar-refractivity contribution in [1.29, 1.82) is 0 Å². The molecule has 124 valence electrons. The first-order valence-corrected chi connectivity index (χ1v) is 8.60. The molecule has 0 aliphatic carbocycles. The summed E-state index contributed by atoms with van der Waals surface area (Å²) >= 11 is 7.44. The van der Waals surface area contributed by atoms with Gasteiger partial charge in [0.2, 0.25) is 5.91 Å². The number of nitrogens with zero attached hydrogens (tertiary/aromatic N) is 1. The highest BCUT2D eigenvalue weighted by Gasteiger charge is 2.06. The number of hydrogen-bond donors (Lipinski definition) is 3. The maximum Gasteiger partial charge on any atom is 0.221 e. The highest BCUT2D eigenvalue weighted by molar-refractivity contribution is 7.22. The number of phenolic OH excluding ortho intramolecular Hbond substituents is 1.